The van der Waals surface area contributed by atoms with Crippen LogP contribution in [-0.4, -0.2) is 23.7 Å². The van der Waals surface area contributed by atoms with E-state index in [0.29, 0.717) is 5.70 Å². The Morgan fingerprint density at radius 2 is 2.50 bits per heavy atom. The molecule has 0 aromatic rings. The van der Waals surface area contributed by atoms with Crippen molar-refractivity contribution >= 4 is 12.4 Å². The molecular formula is C5H7N5O2. The summed E-state index contributed by atoms with van der Waals surface area (Å²) in [6.07, 6.45) is 1.03. The van der Waals surface area contributed by atoms with Crippen molar-refractivity contribution in [2.75, 3.05) is 0 Å². The summed E-state index contributed by atoms with van der Waals surface area (Å²) < 4.78 is 0. The molecule has 0 bridgehead atoms. The second-order valence-electron chi connectivity index (χ2n) is 2.32. The molecule has 2 amide bonds. The number of urea groups is 1. The van der Waals surface area contributed by atoms with Crippen LogP contribution in [0.2, 0.25) is 0 Å². The Kier molecular flexibility index (Phi) is 1.37. The summed E-state index contributed by atoms with van der Waals surface area (Å²) in [5.74, 6) is 0.223. The first-order valence-corrected chi connectivity index (χ1v) is 3.31. The van der Waals surface area contributed by atoms with Crippen LogP contribution in [0, 0.1) is 0 Å². The van der Waals surface area contributed by atoms with Crippen LogP contribution in [0.3, 0.4) is 0 Å². The third-order valence-electron chi connectivity index (χ3n) is 1.60. The molecule has 7 nitrogen and oxygen atoms in total. The summed E-state index contributed by atoms with van der Waals surface area (Å²) in [5.41, 5.74) is 2.47. The zero-order valence-electron chi connectivity index (χ0n) is 5.96. The lowest BCUT2D eigenvalue weighted by atomic mass is 10.3. The minimum absolute atomic E-state index is 0.223. The van der Waals surface area contributed by atoms with Crippen LogP contribution in [-0.2, 0) is 0 Å². The molecule has 5 N–H and O–H groups in total. The van der Waals surface area contributed by atoms with Crippen molar-refractivity contribution in [2.24, 2.45) is 4.99 Å². The number of hydrogen-bond acceptors (Lipinski definition) is 5. The average molecular weight is 169 g/mol. The van der Waals surface area contributed by atoms with Crippen LogP contribution >= 0.6 is 0 Å². The molecule has 2 aliphatic heterocycles. The van der Waals surface area contributed by atoms with Crippen LogP contribution in [0.15, 0.2) is 16.5 Å². The van der Waals surface area contributed by atoms with Gasteiger partial charge in [-0.25, -0.2) is 9.79 Å². The van der Waals surface area contributed by atoms with Gasteiger partial charge in [-0.05, 0) is 0 Å². The number of hydrogen-bond donors (Lipinski definition) is 5. The summed E-state index contributed by atoms with van der Waals surface area (Å²) in [7, 11) is 0. The predicted molar refractivity (Wildman–Crippen MR) is 39.0 cm³/mol. The van der Waals surface area contributed by atoms with Gasteiger partial charge in [0.05, 0.1) is 6.34 Å². The Balaban J connectivity index is 2.32. The molecule has 1 atom stereocenters. The smallest absolute Gasteiger partial charge is 0.322 e. The van der Waals surface area contributed by atoms with E-state index in [-0.39, 0.29) is 5.82 Å². The second kappa shape index (κ2) is 2.38. The molecule has 7 heteroatoms. The summed E-state index contributed by atoms with van der Waals surface area (Å²) in [5, 5.41) is 16.3. The van der Waals surface area contributed by atoms with Crippen LogP contribution in [0.25, 0.3) is 0 Å². The van der Waals surface area contributed by atoms with Crippen molar-refractivity contribution in [2.45, 2.75) is 6.17 Å². The molecule has 0 saturated carbocycles. The number of carbonyl (C=O) groups is 1. The fourth-order valence-electron chi connectivity index (χ4n) is 1.08. The van der Waals surface area contributed by atoms with Gasteiger partial charge >= 0.3 is 6.03 Å². The van der Waals surface area contributed by atoms with Gasteiger partial charge in [-0.2, -0.15) is 0 Å². The highest BCUT2D eigenvalue weighted by Gasteiger charge is 2.28. The molecule has 2 aliphatic rings. The van der Waals surface area contributed by atoms with Gasteiger partial charge in [-0.1, -0.05) is 0 Å². The summed E-state index contributed by atoms with van der Waals surface area (Å²) in [6.45, 7) is 0. The van der Waals surface area contributed by atoms with Crippen molar-refractivity contribution in [1.82, 2.24) is 21.4 Å². The Morgan fingerprint density at radius 1 is 1.67 bits per heavy atom. The SMILES string of the molecule is O=C1NC(NO)=C2NC=NC2N1. The lowest BCUT2D eigenvalue weighted by Gasteiger charge is -2.22. The number of nitrogens with zero attached hydrogens (tertiary/aromatic N) is 1. The molecule has 1 unspecified atom stereocenters. The average Bonchev–Trinajstić information content (AvgIpc) is 2.50. The molecule has 0 radical (unpaired) electrons. The highest BCUT2D eigenvalue weighted by molar-refractivity contribution is 5.80. The Bertz CT molecular complexity index is 284. The van der Waals surface area contributed by atoms with Gasteiger partial charge in [0, 0.05) is 0 Å². The van der Waals surface area contributed by atoms with Crippen molar-refractivity contribution in [3.8, 4) is 0 Å². The molecule has 12 heavy (non-hydrogen) atoms. The maximum Gasteiger partial charge on any atom is 0.322 e. The van der Waals surface area contributed by atoms with Gasteiger partial charge in [-0.15, -0.1) is 0 Å². The highest BCUT2D eigenvalue weighted by atomic mass is 16.5. The van der Waals surface area contributed by atoms with Crippen molar-refractivity contribution in [1.29, 1.82) is 0 Å². The summed E-state index contributed by atoms with van der Waals surface area (Å²) >= 11 is 0. The van der Waals surface area contributed by atoms with Gasteiger partial charge in [0.25, 0.3) is 0 Å². The number of nitrogens with one attached hydrogen (secondary N) is 4. The molecule has 2 rings (SSSR count). The number of carbonyl (C=O) groups excluding carboxylic acids is 1. The number of fused-ring (bicyclic) bond motifs is 1. The van der Waals surface area contributed by atoms with Crippen LogP contribution in [0.5, 0.6) is 0 Å². The van der Waals surface area contributed by atoms with E-state index in [2.05, 4.69) is 20.9 Å². The van der Waals surface area contributed by atoms with Crippen molar-refractivity contribution < 1.29 is 10.0 Å². The highest BCUT2D eigenvalue weighted by Crippen LogP contribution is 2.10. The zero-order valence-corrected chi connectivity index (χ0v) is 5.96. The maximum absolute atomic E-state index is 10.9. The Morgan fingerprint density at radius 3 is 3.25 bits per heavy atom. The monoisotopic (exact) mass is 169 g/mol. The van der Waals surface area contributed by atoms with E-state index < -0.39 is 12.2 Å². The number of amides is 2. The number of aliphatic imine (C=N–C) groups is 1. The fourth-order valence-corrected chi connectivity index (χ4v) is 1.08. The third-order valence-corrected chi connectivity index (χ3v) is 1.60. The van der Waals surface area contributed by atoms with Gasteiger partial charge < -0.3 is 10.6 Å². The van der Waals surface area contributed by atoms with Crippen molar-refractivity contribution in [3.05, 3.63) is 11.5 Å². The normalized spacial score (nSPS) is 25.8. The molecule has 0 aliphatic carbocycles. The molecule has 0 aromatic heterocycles. The Labute approximate surface area is 67.5 Å². The van der Waals surface area contributed by atoms with E-state index in [9.17, 15) is 4.79 Å². The minimum atomic E-state index is -0.423. The third kappa shape index (κ3) is 0.873. The van der Waals surface area contributed by atoms with E-state index in [1.807, 2.05) is 5.48 Å². The number of rotatable bonds is 1. The minimum Gasteiger partial charge on any atom is -0.344 e. The van der Waals surface area contributed by atoms with Gasteiger partial charge in [0.1, 0.15) is 5.70 Å². The predicted octanol–water partition coefficient (Wildman–Crippen LogP) is -1.60. The van der Waals surface area contributed by atoms with E-state index in [0.717, 1.165) is 0 Å². The molecule has 0 fully saturated rings. The molecule has 0 saturated heterocycles. The van der Waals surface area contributed by atoms with Crippen LogP contribution < -0.4 is 21.4 Å². The van der Waals surface area contributed by atoms with E-state index >= 15 is 0 Å². The van der Waals surface area contributed by atoms with E-state index in [1.54, 1.807) is 0 Å². The quantitative estimate of drug-likeness (QED) is 0.305. The van der Waals surface area contributed by atoms with Gasteiger partial charge in [0.15, 0.2) is 12.0 Å². The standard InChI is InChI=1S/C5H7N5O2/c11-5-8-3-2(6-1-7-3)4(9-5)10-12/h1,3,10,12H,(H,6,7)(H2,8,9,11). The van der Waals surface area contributed by atoms with Crippen molar-refractivity contribution in [3.63, 3.8) is 0 Å². The van der Waals surface area contributed by atoms with E-state index in [1.165, 1.54) is 6.34 Å². The topological polar surface area (TPSA) is 97.8 Å². The largest absolute Gasteiger partial charge is 0.344 e. The number of hydroxylamine groups is 1. The molecule has 64 valence electrons. The maximum atomic E-state index is 10.9. The molecule has 0 aromatic carbocycles. The molecule has 2 heterocycles. The second-order valence-corrected chi connectivity index (χ2v) is 2.32. The van der Waals surface area contributed by atoms with Gasteiger partial charge in [0.2, 0.25) is 0 Å². The first-order chi connectivity index (χ1) is 5.81. The Hall–Kier alpha value is -1.76. The summed E-state index contributed by atoms with van der Waals surface area (Å²) in [6, 6.07) is -0.402. The summed E-state index contributed by atoms with van der Waals surface area (Å²) in [4.78, 5) is 14.8. The van der Waals surface area contributed by atoms with Crippen LogP contribution in [0.1, 0.15) is 0 Å². The molecule has 0 spiro atoms. The zero-order chi connectivity index (χ0) is 8.55. The molecular weight excluding hydrogens is 162 g/mol. The van der Waals surface area contributed by atoms with Crippen LogP contribution in [0.4, 0.5) is 4.79 Å². The first-order valence-electron chi connectivity index (χ1n) is 3.31. The lowest BCUT2D eigenvalue weighted by molar-refractivity contribution is 0.182. The lowest BCUT2D eigenvalue weighted by Crippen LogP contribution is -2.50. The van der Waals surface area contributed by atoms with E-state index in [4.69, 9.17) is 5.21 Å². The fraction of sp³-hybridized carbons (Fsp3) is 0.200. The van der Waals surface area contributed by atoms with Gasteiger partial charge in [-0.3, -0.25) is 16.0 Å². The first kappa shape index (κ1) is 6.92.